The van der Waals surface area contributed by atoms with Gasteiger partial charge in [-0.05, 0) is 29.4 Å². The molecule has 1 heterocycles. The van der Waals surface area contributed by atoms with Gasteiger partial charge in [0.2, 0.25) is 0 Å². The van der Waals surface area contributed by atoms with Crippen molar-refractivity contribution in [1.82, 2.24) is 0 Å². The molecular weight excluding hydrogens is 346 g/mol. The SMILES string of the molecule is CC(=O)O/N=c1\oc2ccccc2cc1C(=O)Nc1ccc(F)cc1F. The van der Waals surface area contributed by atoms with Crippen molar-refractivity contribution in [3.8, 4) is 0 Å². The molecule has 0 fully saturated rings. The predicted octanol–water partition coefficient (Wildman–Crippen LogP) is 3.34. The Morgan fingerprint density at radius 1 is 1.12 bits per heavy atom. The monoisotopic (exact) mass is 358 g/mol. The lowest BCUT2D eigenvalue weighted by Gasteiger charge is -2.07. The third-order valence-corrected chi connectivity index (χ3v) is 3.34. The second kappa shape index (κ2) is 7.14. The van der Waals surface area contributed by atoms with Crippen LogP contribution in [-0.4, -0.2) is 11.9 Å². The topological polar surface area (TPSA) is 80.9 Å². The van der Waals surface area contributed by atoms with Crippen LogP contribution in [0.5, 0.6) is 0 Å². The zero-order valence-electron chi connectivity index (χ0n) is 13.5. The van der Waals surface area contributed by atoms with E-state index >= 15 is 0 Å². The van der Waals surface area contributed by atoms with E-state index in [1.165, 1.54) is 6.07 Å². The molecule has 3 aromatic rings. The van der Waals surface area contributed by atoms with Crippen LogP contribution in [0.3, 0.4) is 0 Å². The van der Waals surface area contributed by atoms with Gasteiger partial charge in [0.15, 0.2) is 0 Å². The van der Waals surface area contributed by atoms with Crippen molar-refractivity contribution in [2.45, 2.75) is 6.92 Å². The summed E-state index contributed by atoms with van der Waals surface area (Å²) in [5.41, 5.74) is -0.168. The summed E-state index contributed by atoms with van der Waals surface area (Å²) < 4.78 is 32.2. The first-order valence-electron chi connectivity index (χ1n) is 7.45. The number of amides is 1. The molecule has 1 amide bonds. The van der Waals surface area contributed by atoms with Crippen LogP contribution < -0.4 is 10.9 Å². The molecule has 0 spiro atoms. The highest BCUT2D eigenvalue weighted by molar-refractivity contribution is 6.05. The van der Waals surface area contributed by atoms with E-state index in [2.05, 4.69) is 15.3 Å². The standard InChI is InChI=1S/C18H12F2N2O4/c1-10(23)26-22-18-13(8-11-4-2-3-5-16(11)25-18)17(24)21-15-7-6-12(19)9-14(15)20/h2-9H,1H3,(H,21,24)/b22-18-. The minimum Gasteiger partial charge on any atom is -0.435 e. The quantitative estimate of drug-likeness (QED) is 0.575. The number of halogens is 2. The molecule has 0 aliphatic carbocycles. The van der Waals surface area contributed by atoms with Crippen molar-refractivity contribution in [2.24, 2.45) is 5.16 Å². The van der Waals surface area contributed by atoms with E-state index in [0.29, 0.717) is 17.0 Å². The molecule has 26 heavy (non-hydrogen) atoms. The number of hydrogen-bond acceptors (Lipinski definition) is 5. The number of rotatable bonds is 3. The van der Waals surface area contributed by atoms with Gasteiger partial charge in [0.1, 0.15) is 22.8 Å². The molecule has 0 saturated heterocycles. The third-order valence-electron chi connectivity index (χ3n) is 3.34. The van der Waals surface area contributed by atoms with E-state index in [1.54, 1.807) is 24.3 Å². The van der Waals surface area contributed by atoms with Crippen LogP contribution in [0.2, 0.25) is 0 Å². The molecule has 8 heteroatoms. The highest BCUT2D eigenvalue weighted by Crippen LogP contribution is 2.17. The van der Waals surface area contributed by atoms with Crippen LogP contribution in [-0.2, 0) is 9.63 Å². The molecule has 0 radical (unpaired) electrons. The van der Waals surface area contributed by atoms with Gasteiger partial charge >= 0.3 is 5.97 Å². The van der Waals surface area contributed by atoms with Crippen molar-refractivity contribution in [3.05, 3.63) is 71.3 Å². The summed E-state index contributed by atoms with van der Waals surface area (Å²) in [6.45, 7) is 1.14. The maximum atomic E-state index is 13.8. The number of carbonyl (C=O) groups is 2. The number of fused-ring (bicyclic) bond motifs is 1. The number of carbonyl (C=O) groups excluding carboxylic acids is 2. The molecule has 0 aliphatic rings. The van der Waals surface area contributed by atoms with Crippen molar-refractivity contribution in [1.29, 1.82) is 0 Å². The fraction of sp³-hybridized carbons (Fsp3) is 0.0556. The summed E-state index contributed by atoms with van der Waals surface area (Å²) in [6.07, 6.45) is 0. The molecule has 0 unspecified atom stereocenters. The zero-order valence-corrected chi connectivity index (χ0v) is 13.5. The normalized spacial score (nSPS) is 11.4. The molecule has 2 aromatic carbocycles. The maximum absolute atomic E-state index is 13.8. The van der Waals surface area contributed by atoms with E-state index in [-0.39, 0.29) is 16.8 Å². The molecule has 132 valence electrons. The maximum Gasteiger partial charge on any atom is 0.332 e. The molecule has 0 atom stereocenters. The lowest BCUT2D eigenvalue weighted by Crippen LogP contribution is -2.22. The van der Waals surface area contributed by atoms with Crippen LogP contribution in [0.1, 0.15) is 17.3 Å². The Morgan fingerprint density at radius 3 is 2.62 bits per heavy atom. The second-order valence-electron chi connectivity index (χ2n) is 5.26. The molecule has 1 N–H and O–H groups in total. The Balaban J connectivity index is 2.06. The molecular formula is C18H12F2N2O4. The van der Waals surface area contributed by atoms with Crippen molar-refractivity contribution in [2.75, 3.05) is 5.32 Å². The second-order valence-corrected chi connectivity index (χ2v) is 5.26. The summed E-state index contributed by atoms with van der Waals surface area (Å²) in [4.78, 5) is 28.1. The summed E-state index contributed by atoms with van der Waals surface area (Å²) in [7, 11) is 0. The minimum absolute atomic E-state index is 0.0892. The zero-order chi connectivity index (χ0) is 18.7. The smallest absolute Gasteiger partial charge is 0.332 e. The summed E-state index contributed by atoms with van der Waals surface area (Å²) >= 11 is 0. The Kier molecular flexibility index (Phi) is 4.74. The highest BCUT2D eigenvalue weighted by atomic mass is 19.1. The predicted molar refractivity (Wildman–Crippen MR) is 87.9 cm³/mol. The first-order valence-corrected chi connectivity index (χ1v) is 7.45. The minimum atomic E-state index is -0.936. The van der Waals surface area contributed by atoms with Gasteiger partial charge < -0.3 is 14.6 Å². The number of nitrogens with one attached hydrogen (secondary N) is 1. The van der Waals surface area contributed by atoms with E-state index in [1.807, 2.05) is 0 Å². The Labute approximate surface area is 145 Å². The number of para-hydroxylation sites is 1. The summed E-state index contributed by atoms with van der Waals surface area (Å²) in [5.74, 6) is -3.18. The van der Waals surface area contributed by atoms with E-state index in [4.69, 9.17) is 4.42 Å². The van der Waals surface area contributed by atoms with Crippen LogP contribution >= 0.6 is 0 Å². The molecule has 1 aromatic heterocycles. The molecule has 0 saturated carbocycles. The van der Waals surface area contributed by atoms with Gasteiger partial charge in [-0.3, -0.25) is 4.79 Å². The summed E-state index contributed by atoms with van der Waals surface area (Å²) in [6, 6.07) is 11.0. The lowest BCUT2D eigenvalue weighted by molar-refractivity contribution is -0.141. The van der Waals surface area contributed by atoms with Gasteiger partial charge in [0, 0.05) is 18.4 Å². The highest BCUT2D eigenvalue weighted by Gasteiger charge is 2.15. The van der Waals surface area contributed by atoms with Gasteiger partial charge in [-0.1, -0.05) is 18.2 Å². The van der Waals surface area contributed by atoms with Gasteiger partial charge in [0.25, 0.3) is 11.5 Å². The molecule has 0 bridgehead atoms. The first-order chi connectivity index (χ1) is 12.4. The number of hydrogen-bond donors (Lipinski definition) is 1. The van der Waals surface area contributed by atoms with Crippen molar-refractivity contribution in [3.63, 3.8) is 0 Å². The number of benzene rings is 2. The van der Waals surface area contributed by atoms with Crippen molar-refractivity contribution >= 4 is 28.5 Å². The largest absolute Gasteiger partial charge is 0.435 e. The molecule has 6 nitrogen and oxygen atoms in total. The van der Waals surface area contributed by atoms with Gasteiger partial charge in [-0.25, -0.2) is 13.6 Å². The van der Waals surface area contributed by atoms with Crippen LogP contribution in [0, 0.1) is 11.6 Å². The fourth-order valence-corrected chi connectivity index (χ4v) is 2.19. The van der Waals surface area contributed by atoms with Crippen LogP contribution in [0.15, 0.2) is 58.1 Å². The average Bonchev–Trinajstić information content (AvgIpc) is 2.61. The van der Waals surface area contributed by atoms with Crippen LogP contribution in [0.25, 0.3) is 11.0 Å². The van der Waals surface area contributed by atoms with E-state index in [9.17, 15) is 18.4 Å². The fourth-order valence-electron chi connectivity index (χ4n) is 2.19. The average molecular weight is 358 g/mol. The Morgan fingerprint density at radius 2 is 1.88 bits per heavy atom. The summed E-state index contributed by atoms with van der Waals surface area (Å²) in [5, 5.41) is 6.41. The third kappa shape index (κ3) is 3.75. The first kappa shape index (κ1) is 17.3. The van der Waals surface area contributed by atoms with Gasteiger partial charge in [0.05, 0.1) is 5.69 Å². The Hall–Kier alpha value is -3.55. The van der Waals surface area contributed by atoms with Crippen LogP contribution in [0.4, 0.5) is 14.5 Å². The molecule has 0 aliphatic heterocycles. The van der Waals surface area contributed by atoms with Gasteiger partial charge in [-0.2, -0.15) is 0 Å². The number of nitrogens with zero attached hydrogens (tertiary/aromatic N) is 1. The van der Waals surface area contributed by atoms with E-state index in [0.717, 1.165) is 19.1 Å². The Bertz CT molecular complexity index is 1080. The number of anilines is 1. The molecule has 3 rings (SSSR count). The van der Waals surface area contributed by atoms with E-state index < -0.39 is 23.5 Å². The van der Waals surface area contributed by atoms with Gasteiger partial charge in [-0.15, -0.1) is 0 Å². The van der Waals surface area contributed by atoms with Crippen molar-refractivity contribution < 1.29 is 27.6 Å². The lowest BCUT2D eigenvalue weighted by atomic mass is 10.1.